The van der Waals surface area contributed by atoms with Gasteiger partial charge in [0.15, 0.2) is 5.96 Å². The number of aliphatic carboxylic acids is 1. The van der Waals surface area contributed by atoms with Gasteiger partial charge in [-0.15, -0.1) is 0 Å². The van der Waals surface area contributed by atoms with E-state index in [0.717, 1.165) is 0 Å². The minimum atomic E-state index is -0.900. The van der Waals surface area contributed by atoms with Gasteiger partial charge in [0.1, 0.15) is 0 Å². The summed E-state index contributed by atoms with van der Waals surface area (Å²) in [6.07, 6.45) is 0. The van der Waals surface area contributed by atoms with Crippen LogP contribution in [0, 0.1) is 5.92 Å². The van der Waals surface area contributed by atoms with Crippen LogP contribution >= 0.6 is 0 Å². The summed E-state index contributed by atoms with van der Waals surface area (Å²) in [5.74, 6) is -1.54. The summed E-state index contributed by atoms with van der Waals surface area (Å²) in [7, 11) is 0. The van der Waals surface area contributed by atoms with E-state index in [1.165, 1.54) is 0 Å². The lowest BCUT2D eigenvalue weighted by Gasteiger charge is -2.10. The molecule has 0 spiro atoms. The lowest BCUT2D eigenvalue weighted by molar-refractivity contribution is -0.141. The lowest BCUT2D eigenvalue weighted by atomic mass is 10.1. The molecule has 0 aromatic rings. The maximum absolute atomic E-state index is 10.4. The molecule has 0 aliphatic carbocycles. The Balaban J connectivity index is 4.14. The molecule has 2 atom stereocenters. The van der Waals surface area contributed by atoms with E-state index in [1.54, 1.807) is 13.8 Å². The number of carboxylic acid groups (broad SMARTS) is 1. The summed E-state index contributed by atoms with van der Waals surface area (Å²) < 4.78 is 0. The van der Waals surface area contributed by atoms with Gasteiger partial charge in [0, 0.05) is 0 Å². The van der Waals surface area contributed by atoms with E-state index < -0.39 is 11.9 Å². The molecular weight excluding hydrogens is 146 g/mol. The summed E-state index contributed by atoms with van der Waals surface area (Å²) >= 11 is 0. The van der Waals surface area contributed by atoms with Gasteiger partial charge in [0.25, 0.3) is 0 Å². The molecule has 0 radical (unpaired) electrons. The molecule has 5 heteroatoms. The molecule has 5 nitrogen and oxygen atoms in total. The highest BCUT2D eigenvalue weighted by molar-refractivity contribution is 5.77. The highest BCUT2D eigenvalue weighted by Gasteiger charge is 2.18. The number of rotatable bonds is 3. The summed E-state index contributed by atoms with van der Waals surface area (Å²) in [6.45, 7) is 3.21. The number of hydrogen-bond donors (Lipinski definition) is 3. The van der Waals surface area contributed by atoms with Crippen LogP contribution in [0.2, 0.25) is 0 Å². The van der Waals surface area contributed by atoms with Crippen molar-refractivity contribution in [3.63, 3.8) is 0 Å². The van der Waals surface area contributed by atoms with Crippen LogP contribution in [0.1, 0.15) is 13.8 Å². The molecular formula is C6H13N3O2. The normalized spacial score (nSPS) is 15.1. The summed E-state index contributed by atoms with van der Waals surface area (Å²) in [4.78, 5) is 14.1. The van der Waals surface area contributed by atoms with Crippen molar-refractivity contribution in [2.75, 3.05) is 0 Å². The van der Waals surface area contributed by atoms with Gasteiger partial charge >= 0.3 is 5.97 Å². The Morgan fingerprint density at radius 1 is 1.45 bits per heavy atom. The highest BCUT2D eigenvalue weighted by atomic mass is 16.4. The van der Waals surface area contributed by atoms with E-state index >= 15 is 0 Å². The third kappa shape index (κ3) is 3.44. The largest absolute Gasteiger partial charge is 0.481 e. The van der Waals surface area contributed by atoms with Crippen molar-refractivity contribution >= 4 is 11.9 Å². The van der Waals surface area contributed by atoms with Crippen molar-refractivity contribution in [3.05, 3.63) is 0 Å². The Kier molecular flexibility index (Phi) is 3.36. The second-order valence-corrected chi connectivity index (χ2v) is 2.42. The van der Waals surface area contributed by atoms with Crippen molar-refractivity contribution in [2.24, 2.45) is 22.4 Å². The van der Waals surface area contributed by atoms with Crippen LogP contribution in [0.25, 0.3) is 0 Å². The lowest BCUT2D eigenvalue weighted by Crippen LogP contribution is -2.29. The fourth-order valence-corrected chi connectivity index (χ4v) is 0.553. The minimum absolute atomic E-state index is 0.0781. The van der Waals surface area contributed by atoms with E-state index in [1.807, 2.05) is 0 Å². The van der Waals surface area contributed by atoms with Crippen LogP contribution in [0.4, 0.5) is 0 Å². The Labute approximate surface area is 65.1 Å². The SMILES string of the molecule is C[C@H](N=C(N)N)[C@H](C)C(=O)O. The van der Waals surface area contributed by atoms with Crippen molar-refractivity contribution in [1.29, 1.82) is 0 Å². The number of carboxylic acids is 1. The Morgan fingerprint density at radius 2 is 1.91 bits per heavy atom. The zero-order valence-corrected chi connectivity index (χ0v) is 6.61. The molecule has 0 unspecified atom stereocenters. The maximum Gasteiger partial charge on any atom is 0.308 e. The molecule has 0 heterocycles. The van der Waals surface area contributed by atoms with Gasteiger partial charge < -0.3 is 16.6 Å². The van der Waals surface area contributed by atoms with Crippen LogP contribution in [-0.2, 0) is 4.79 Å². The van der Waals surface area contributed by atoms with Crippen LogP contribution in [0.3, 0.4) is 0 Å². The predicted molar refractivity (Wildman–Crippen MR) is 42.1 cm³/mol. The van der Waals surface area contributed by atoms with Gasteiger partial charge in [-0.05, 0) is 13.8 Å². The third-order valence-corrected chi connectivity index (χ3v) is 1.47. The molecule has 11 heavy (non-hydrogen) atoms. The number of hydrogen-bond acceptors (Lipinski definition) is 2. The first-order chi connectivity index (χ1) is 4.95. The van der Waals surface area contributed by atoms with Crippen LogP contribution < -0.4 is 11.5 Å². The van der Waals surface area contributed by atoms with Gasteiger partial charge in [-0.3, -0.25) is 4.79 Å². The first-order valence-electron chi connectivity index (χ1n) is 3.26. The average Bonchev–Trinajstić information content (AvgIpc) is 1.84. The average molecular weight is 159 g/mol. The number of nitrogens with zero attached hydrogens (tertiary/aromatic N) is 1. The Morgan fingerprint density at radius 3 is 2.18 bits per heavy atom. The zero-order chi connectivity index (χ0) is 9.02. The summed E-state index contributed by atoms with van der Waals surface area (Å²) in [5.41, 5.74) is 10.1. The summed E-state index contributed by atoms with van der Waals surface area (Å²) in [6, 6.07) is -0.377. The van der Waals surface area contributed by atoms with Crippen molar-refractivity contribution < 1.29 is 9.90 Å². The second kappa shape index (κ2) is 3.80. The first kappa shape index (κ1) is 9.74. The van der Waals surface area contributed by atoms with Crippen molar-refractivity contribution in [1.82, 2.24) is 0 Å². The van der Waals surface area contributed by atoms with E-state index in [0.29, 0.717) is 0 Å². The molecule has 64 valence electrons. The fourth-order valence-electron chi connectivity index (χ4n) is 0.553. The topological polar surface area (TPSA) is 102 Å². The van der Waals surface area contributed by atoms with Crippen LogP contribution in [0.5, 0.6) is 0 Å². The Bertz CT molecular complexity index is 175. The zero-order valence-electron chi connectivity index (χ0n) is 6.61. The van der Waals surface area contributed by atoms with Crippen molar-refractivity contribution in [2.45, 2.75) is 19.9 Å². The second-order valence-electron chi connectivity index (χ2n) is 2.42. The third-order valence-electron chi connectivity index (χ3n) is 1.47. The minimum Gasteiger partial charge on any atom is -0.481 e. The molecule has 0 bridgehead atoms. The van der Waals surface area contributed by atoms with Crippen LogP contribution in [-0.4, -0.2) is 23.1 Å². The standard InChI is InChI=1S/C6H13N3O2/c1-3(5(10)11)4(2)9-6(7)8/h3-4H,1-2H3,(H,10,11)(H4,7,8,9)/t3-,4-/m0/s1. The summed E-state index contributed by atoms with van der Waals surface area (Å²) in [5, 5.41) is 8.51. The van der Waals surface area contributed by atoms with Gasteiger partial charge in [-0.25, -0.2) is 4.99 Å². The molecule has 0 rings (SSSR count). The number of nitrogens with two attached hydrogens (primary N) is 2. The molecule has 0 saturated heterocycles. The first-order valence-corrected chi connectivity index (χ1v) is 3.26. The quantitative estimate of drug-likeness (QED) is 0.377. The van der Waals surface area contributed by atoms with E-state index in [9.17, 15) is 4.79 Å². The van der Waals surface area contributed by atoms with Gasteiger partial charge in [0.05, 0.1) is 12.0 Å². The smallest absolute Gasteiger partial charge is 0.308 e. The fraction of sp³-hybridized carbons (Fsp3) is 0.667. The van der Waals surface area contributed by atoms with Gasteiger partial charge in [0.2, 0.25) is 0 Å². The highest BCUT2D eigenvalue weighted by Crippen LogP contribution is 2.05. The molecule has 0 fully saturated rings. The predicted octanol–water partition coefficient (Wildman–Crippen LogP) is -0.631. The molecule has 0 aliphatic rings. The van der Waals surface area contributed by atoms with Crippen LogP contribution in [0.15, 0.2) is 4.99 Å². The van der Waals surface area contributed by atoms with E-state index in [2.05, 4.69) is 4.99 Å². The maximum atomic E-state index is 10.4. The monoisotopic (exact) mass is 159 g/mol. The van der Waals surface area contributed by atoms with E-state index in [-0.39, 0.29) is 12.0 Å². The van der Waals surface area contributed by atoms with Gasteiger partial charge in [-0.2, -0.15) is 0 Å². The molecule has 0 aromatic heterocycles. The molecule has 0 amide bonds. The molecule has 5 N–H and O–H groups in total. The molecule has 0 aromatic carbocycles. The number of carbonyl (C=O) groups is 1. The molecule has 0 saturated carbocycles. The van der Waals surface area contributed by atoms with Crippen molar-refractivity contribution in [3.8, 4) is 0 Å². The number of guanidine groups is 1. The molecule has 0 aliphatic heterocycles. The Hall–Kier alpha value is -1.26. The number of aliphatic imine (C=N–C) groups is 1. The van der Waals surface area contributed by atoms with E-state index in [4.69, 9.17) is 16.6 Å². The van der Waals surface area contributed by atoms with Gasteiger partial charge in [-0.1, -0.05) is 0 Å².